The number of nitrogens with zero attached hydrogens (tertiary/aromatic N) is 2. The van der Waals surface area contributed by atoms with Crippen LogP contribution >= 0.6 is 0 Å². The van der Waals surface area contributed by atoms with Crippen LogP contribution in [0.2, 0.25) is 0 Å². The van der Waals surface area contributed by atoms with Crippen LogP contribution in [-0.2, 0) is 16.4 Å². The number of amides is 1. The van der Waals surface area contributed by atoms with Gasteiger partial charge in [-0.1, -0.05) is 24.2 Å². The lowest BCUT2D eigenvalue weighted by molar-refractivity contribution is 0.0922. The molecule has 2 aromatic rings. The van der Waals surface area contributed by atoms with Crippen molar-refractivity contribution in [2.75, 3.05) is 19.3 Å². The summed E-state index contributed by atoms with van der Waals surface area (Å²) >= 11 is 0. The highest BCUT2D eigenvalue weighted by Gasteiger charge is 2.33. The second kappa shape index (κ2) is 7.33. The monoisotopic (exact) mass is 403 g/mol. The smallest absolute Gasteiger partial charge is 0.273 e. The van der Waals surface area contributed by atoms with Crippen molar-refractivity contribution in [3.63, 3.8) is 0 Å². The van der Waals surface area contributed by atoms with Crippen LogP contribution in [-0.4, -0.2) is 49.8 Å². The van der Waals surface area contributed by atoms with E-state index in [1.807, 2.05) is 12.1 Å². The molecule has 1 aromatic carbocycles. The Morgan fingerprint density at radius 3 is 2.61 bits per heavy atom. The number of aromatic nitrogens is 1. The average Bonchev–Trinajstić information content (AvgIpc) is 3.26. The van der Waals surface area contributed by atoms with Crippen molar-refractivity contribution in [1.82, 2.24) is 15.4 Å². The number of carbonyl (C=O) groups excluding carboxylic acids is 1. The summed E-state index contributed by atoms with van der Waals surface area (Å²) in [6, 6.07) is 8.79. The molecule has 1 aliphatic heterocycles. The third kappa shape index (κ3) is 4.28. The lowest BCUT2D eigenvalue weighted by atomic mass is 10.1. The molecular formula is C20H25N3O4S. The first-order chi connectivity index (χ1) is 13.3. The normalized spacial score (nSPS) is 23.1. The van der Waals surface area contributed by atoms with Gasteiger partial charge in [0.15, 0.2) is 15.5 Å². The van der Waals surface area contributed by atoms with Crippen molar-refractivity contribution in [2.24, 2.45) is 5.92 Å². The Morgan fingerprint density at radius 2 is 1.96 bits per heavy atom. The quantitative estimate of drug-likeness (QED) is 0.795. The maximum Gasteiger partial charge on any atom is 0.273 e. The zero-order valence-electron chi connectivity index (χ0n) is 16.1. The van der Waals surface area contributed by atoms with Crippen LogP contribution in [0.3, 0.4) is 0 Å². The van der Waals surface area contributed by atoms with Gasteiger partial charge < -0.3 is 9.84 Å². The highest BCUT2D eigenvalue weighted by atomic mass is 32.2. The fourth-order valence-electron chi connectivity index (χ4n) is 3.68. The third-order valence-electron chi connectivity index (χ3n) is 5.50. The van der Waals surface area contributed by atoms with Crippen LogP contribution in [0.25, 0.3) is 0 Å². The first kappa shape index (κ1) is 19.1. The number of nitrogens with one attached hydrogen (secondary N) is 1. The molecule has 1 aliphatic carbocycles. The number of sulfone groups is 1. The minimum atomic E-state index is -3.18. The van der Waals surface area contributed by atoms with Gasteiger partial charge in [0, 0.05) is 43.9 Å². The van der Waals surface area contributed by atoms with Crippen LogP contribution in [0.4, 0.5) is 0 Å². The van der Waals surface area contributed by atoms with Crippen molar-refractivity contribution in [3.8, 4) is 0 Å². The molecule has 28 heavy (non-hydrogen) atoms. The Kier molecular flexibility index (Phi) is 5.01. The van der Waals surface area contributed by atoms with Gasteiger partial charge in [0.2, 0.25) is 0 Å². The molecule has 2 unspecified atom stereocenters. The maximum atomic E-state index is 12.5. The molecule has 1 saturated carbocycles. The standard InChI is InChI=1S/C20H25N3O4S/c1-13-10-23(11-14-3-7-16(8-4-14)28(2,25)26)12-18(13)21-20(24)17-9-19(27-22-17)15-5-6-15/h3-4,7-9,13,15,18H,5-6,10-12H2,1-2H3,(H,21,24). The molecule has 4 rings (SSSR count). The summed E-state index contributed by atoms with van der Waals surface area (Å²) in [6.07, 6.45) is 3.42. The van der Waals surface area contributed by atoms with Crippen LogP contribution < -0.4 is 5.32 Å². The molecule has 8 heteroatoms. The SMILES string of the molecule is CC1CN(Cc2ccc(S(C)(=O)=O)cc2)CC1NC(=O)c1cc(C2CC2)on1. The van der Waals surface area contributed by atoms with E-state index in [9.17, 15) is 13.2 Å². The van der Waals surface area contributed by atoms with Gasteiger partial charge in [-0.3, -0.25) is 9.69 Å². The topological polar surface area (TPSA) is 92.5 Å². The number of carbonyl (C=O) groups is 1. The molecule has 0 bridgehead atoms. The second-order valence-corrected chi connectivity index (χ2v) is 10.1. The van der Waals surface area contributed by atoms with E-state index in [4.69, 9.17) is 4.52 Å². The molecule has 1 N–H and O–H groups in total. The largest absolute Gasteiger partial charge is 0.360 e. The lowest BCUT2D eigenvalue weighted by Crippen LogP contribution is -2.39. The molecule has 7 nitrogen and oxygen atoms in total. The summed E-state index contributed by atoms with van der Waals surface area (Å²) in [6.45, 7) is 4.45. The van der Waals surface area contributed by atoms with E-state index in [0.717, 1.165) is 43.8 Å². The zero-order chi connectivity index (χ0) is 19.9. The van der Waals surface area contributed by atoms with Gasteiger partial charge in [-0.2, -0.15) is 0 Å². The van der Waals surface area contributed by atoms with Gasteiger partial charge in [-0.15, -0.1) is 0 Å². The molecule has 150 valence electrons. The Morgan fingerprint density at radius 1 is 1.25 bits per heavy atom. The molecule has 1 aromatic heterocycles. The Hall–Kier alpha value is -2.19. The van der Waals surface area contributed by atoms with E-state index < -0.39 is 9.84 Å². The molecular weight excluding hydrogens is 378 g/mol. The van der Waals surface area contributed by atoms with E-state index >= 15 is 0 Å². The van der Waals surface area contributed by atoms with E-state index in [0.29, 0.717) is 22.4 Å². The van der Waals surface area contributed by atoms with Crippen LogP contribution in [0.1, 0.15) is 47.5 Å². The molecule has 0 radical (unpaired) electrons. The molecule has 1 amide bonds. The lowest BCUT2D eigenvalue weighted by Gasteiger charge is -2.17. The van der Waals surface area contributed by atoms with Crippen molar-refractivity contribution in [3.05, 3.63) is 47.3 Å². The van der Waals surface area contributed by atoms with E-state index in [2.05, 4.69) is 22.3 Å². The Labute approximate surface area is 165 Å². The predicted octanol–water partition coefficient (Wildman–Crippen LogP) is 2.21. The first-order valence-corrected chi connectivity index (χ1v) is 11.5. The van der Waals surface area contributed by atoms with E-state index in [1.54, 1.807) is 18.2 Å². The van der Waals surface area contributed by atoms with Gasteiger partial charge in [-0.05, 0) is 36.5 Å². The summed E-state index contributed by atoms with van der Waals surface area (Å²) in [4.78, 5) is 15.1. The predicted molar refractivity (Wildman–Crippen MR) is 104 cm³/mol. The second-order valence-electron chi connectivity index (χ2n) is 8.06. The van der Waals surface area contributed by atoms with Gasteiger partial charge in [-0.25, -0.2) is 8.42 Å². The highest BCUT2D eigenvalue weighted by molar-refractivity contribution is 7.90. The van der Waals surface area contributed by atoms with E-state index in [1.165, 1.54) is 6.26 Å². The zero-order valence-corrected chi connectivity index (χ0v) is 16.9. The summed E-state index contributed by atoms with van der Waals surface area (Å²) in [5.74, 6) is 1.37. The Balaban J connectivity index is 1.34. The van der Waals surface area contributed by atoms with Crippen molar-refractivity contribution in [1.29, 1.82) is 0 Å². The Bertz CT molecular complexity index is 964. The number of hydrogen-bond donors (Lipinski definition) is 1. The first-order valence-electron chi connectivity index (χ1n) is 9.58. The van der Waals surface area contributed by atoms with Gasteiger partial charge >= 0.3 is 0 Å². The molecule has 2 fully saturated rings. The highest BCUT2D eigenvalue weighted by Crippen LogP contribution is 2.40. The van der Waals surface area contributed by atoms with Crippen molar-refractivity contribution in [2.45, 2.75) is 43.2 Å². The maximum absolute atomic E-state index is 12.5. The number of likely N-dealkylation sites (tertiary alicyclic amines) is 1. The van der Waals surface area contributed by atoms with Gasteiger partial charge in [0.25, 0.3) is 5.91 Å². The summed E-state index contributed by atoms with van der Waals surface area (Å²) < 4.78 is 28.4. The molecule has 0 spiro atoms. The molecule has 1 saturated heterocycles. The summed E-state index contributed by atoms with van der Waals surface area (Å²) in [5.41, 5.74) is 1.40. The van der Waals surface area contributed by atoms with Crippen LogP contribution in [0.15, 0.2) is 39.8 Å². The third-order valence-corrected chi connectivity index (χ3v) is 6.63. The number of rotatable bonds is 6. The number of benzene rings is 1. The van der Waals surface area contributed by atoms with Crippen LogP contribution in [0, 0.1) is 5.92 Å². The van der Waals surface area contributed by atoms with Crippen molar-refractivity contribution < 1.29 is 17.7 Å². The summed E-state index contributed by atoms with van der Waals surface area (Å²) in [5, 5.41) is 6.99. The minimum absolute atomic E-state index is 0.0452. The van der Waals surface area contributed by atoms with Crippen LogP contribution in [0.5, 0.6) is 0 Å². The fourth-order valence-corrected chi connectivity index (χ4v) is 4.31. The summed E-state index contributed by atoms with van der Waals surface area (Å²) in [7, 11) is -3.18. The molecule has 2 heterocycles. The van der Waals surface area contributed by atoms with Gasteiger partial charge in [0.05, 0.1) is 4.90 Å². The minimum Gasteiger partial charge on any atom is -0.360 e. The number of hydrogen-bond acceptors (Lipinski definition) is 6. The fraction of sp³-hybridized carbons (Fsp3) is 0.500. The van der Waals surface area contributed by atoms with Gasteiger partial charge in [0.1, 0.15) is 5.76 Å². The molecule has 2 atom stereocenters. The average molecular weight is 404 g/mol. The van der Waals surface area contributed by atoms with E-state index in [-0.39, 0.29) is 11.9 Å². The van der Waals surface area contributed by atoms with Crippen molar-refractivity contribution >= 4 is 15.7 Å². The molecule has 2 aliphatic rings.